The minimum absolute atomic E-state index is 0.288. The zero-order chi connectivity index (χ0) is 22.5. The van der Waals surface area contributed by atoms with Gasteiger partial charge in [0.1, 0.15) is 6.54 Å². The van der Waals surface area contributed by atoms with E-state index in [0.717, 1.165) is 35.9 Å². The van der Waals surface area contributed by atoms with Gasteiger partial charge in [0.2, 0.25) is 15.9 Å². The van der Waals surface area contributed by atoms with E-state index in [9.17, 15) is 26.4 Å². The average Bonchev–Trinajstić information content (AvgIpc) is 2.63. The molecule has 0 atom stereocenters. The third-order valence-corrected chi connectivity index (χ3v) is 5.79. The van der Waals surface area contributed by atoms with Gasteiger partial charge in [-0.2, -0.15) is 13.2 Å². The third-order valence-electron chi connectivity index (χ3n) is 4.32. The number of benzene rings is 2. The molecule has 30 heavy (non-hydrogen) atoms. The summed E-state index contributed by atoms with van der Waals surface area (Å²) in [5, 5.41) is 2.04. The number of alkyl halides is 3. The average molecular weight is 463 g/mol. The van der Waals surface area contributed by atoms with Crippen molar-refractivity contribution in [3.63, 3.8) is 0 Å². The number of carbonyl (C=O) groups is 1. The molecule has 0 spiro atoms. The number of carbonyl (C=O) groups excluding carboxylic acids is 1. The SMILES string of the molecule is Cc1ccc(CCCNC(=O)CN(c2ccc(Cl)c(C(F)(F)F)c2)S(C)(=O)=O)cc1. The Bertz CT molecular complexity index is 993. The van der Waals surface area contributed by atoms with Crippen LogP contribution in [0.1, 0.15) is 23.1 Å². The first-order valence-corrected chi connectivity index (χ1v) is 11.3. The molecule has 2 rings (SSSR count). The van der Waals surface area contributed by atoms with Crippen LogP contribution in [-0.2, 0) is 27.4 Å². The molecular formula is C20H22ClF3N2O3S. The summed E-state index contributed by atoms with van der Waals surface area (Å²) in [7, 11) is -4.00. The number of aryl methyl sites for hydroxylation is 2. The summed E-state index contributed by atoms with van der Waals surface area (Å²) in [6.07, 6.45) is -2.58. The quantitative estimate of drug-likeness (QED) is 0.598. The summed E-state index contributed by atoms with van der Waals surface area (Å²) >= 11 is 5.58. The summed E-state index contributed by atoms with van der Waals surface area (Å²) in [6.45, 7) is 1.65. The second-order valence-electron chi connectivity index (χ2n) is 6.87. The summed E-state index contributed by atoms with van der Waals surface area (Å²) < 4.78 is 64.1. The van der Waals surface area contributed by atoms with Crippen LogP contribution in [0.25, 0.3) is 0 Å². The Morgan fingerprint density at radius 3 is 2.33 bits per heavy atom. The molecule has 0 aromatic heterocycles. The Hall–Kier alpha value is -2.26. The number of amides is 1. The van der Waals surface area contributed by atoms with Gasteiger partial charge >= 0.3 is 6.18 Å². The van der Waals surface area contributed by atoms with E-state index in [2.05, 4.69) is 5.32 Å². The Morgan fingerprint density at radius 1 is 1.13 bits per heavy atom. The lowest BCUT2D eigenvalue weighted by Crippen LogP contribution is -2.40. The van der Waals surface area contributed by atoms with E-state index in [-0.39, 0.29) is 5.69 Å². The molecule has 0 radical (unpaired) electrons. The Kier molecular flexibility index (Phi) is 7.76. The Balaban J connectivity index is 2.03. The molecule has 5 nitrogen and oxygen atoms in total. The molecule has 0 aliphatic heterocycles. The van der Waals surface area contributed by atoms with E-state index in [1.165, 1.54) is 0 Å². The zero-order valence-electron chi connectivity index (χ0n) is 16.5. The first-order chi connectivity index (χ1) is 13.9. The fourth-order valence-corrected chi connectivity index (χ4v) is 3.82. The molecule has 0 aliphatic rings. The van der Waals surface area contributed by atoms with Crippen LogP contribution in [0.4, 0.5) is 18.9 Å². The lowest BCUT2D eigenvalue weighted by Gasteiger charge is -2.23. The lowest BCUT2D eigenvalue weighted by molar-refractivity contribution is -0.137. The standard InChI is InChI=1S/C20H22ClF3N2O3S/c1-14-5-7-15(8-6-14)4-3-11-25-19(27)13-26(30(2,28)29)16-9-10-18(21)17(12-16)20(22,23)24/h5-10,12H,3-4,11,13H2,1-2H3,(H,25,27). The van der Waals surface area contributed by atoms with Crippen LogP contribution in [-0.4, -0.2) is 33.7 Å². The van der Waals surface area contributed by atoms with Gasteiger partial charge in [-0.15, -0.1) is 0 Å². The van der Waals surface area contributed by atoms with Gasteiger partial charge in [0.15, 0.2) is 0 Å². The predicted molar refractivity (Wildman–Crippen MR) is 111 cm³/mol. The monoisotopic (exact) mass is 462 g/mol. The summed E-state index contributed by atoms with van der Waals surface area (Å²) in [5.74, 6) is -0.618. The van der Waals surface area contributed by atoms with Crippen LogP contribution in [0.2, 0.25) is 5.02 Å². The van der Waals surface area contributed by atoms with Gasteiger partial charge in [0.25, 0.3) is 0 Å². The second-order valence-corrected chi connectivity index (χ2v) is 9.18. The number of nitrogens with zero attached hydrogens (tertiary/aromatic N) is 1. The van der Waals surface area contributed by atoms with Crippen molar-refractivity contribution in [2.24, 2.45) is 0 Å². The number of hydrogen-bond donors (Lipinski definition) is 1. The van der Waals surface area contributed by atoms with Gasteiger partial charge < -0.3 is 5.32 Å². The maximum atomic E-state index is 13.1. The molecule has 2 aromatic rings. The van der Waals surface area contributed by atoms with Gasteiger partial charge in [0.05, 0.1) is 22.5 Å². The maximum Gasteiger partial charge on any atom is 0.417 e. The van der Waals surface area contributed by atoms with Crippen LogP contribution in [0, 0.1) is 6.92 Å². The second kappa shape index (κ2) is 9.70. The predicted octanol–water partition coefficient (Wildman–Crippen LogP) is 4.18. The molecule has 1 N–H and O–H groups in total. The minimum atomic E-state index is -4.76. The highest BCUT2D eigenvalue weighted by atomic mass is 35.5. The molecule has 0 unspecified atom stereocenters. The van der Waals surface area contributed by atoms with Gasteiger partial charge in [-0.25, -0.2) is 8.42 Å². The highest BCUT2D eigenvalue weighted by Gasteiger charge is 2.34. The number of anilines is 1. The van der Waals surface area contributed by atoms with Crippen LogP contribution in [0.5, 0.6) is 0 Å². The summed E-state index contributed by atoms with van der Waals surface area (Å²) in [4.78, 5) is 12.2. The molecule has 10 heteroatoms. The number of sulfonamides is 1. The van der Waals surface area contributed by atoms with Crippen molar-refractivity contribution in [3.8, 4) is 0 Å². The zero-order valence-corrected chi connectivity index (χ0v) is 18.0. The van der Waals surface area contributed by atoms with E-state index in [4.69, 9.17) is 11.6 Å². The van der Waals surface area contributed by atoms with Crippen LogP contribution in [0.15, 0.2) is 42.5 Å². The van der Waals surface area contributed by atoms with Crippen molar-refractivity contribution in [1.29, 1.82) is 0 Å². The van der Waals surface area contributed by atoms with Crippen molar-refractivity contribution in [3.05, 3.63) is 64.2 Å². The van der Waals surface area contributed by atoms with Gasteiger partial charge in [-0.05, 0) is 43.5 Å². The topological polar surface area (TPSA) is 66.5 Å². The van der Waals surface area contributed by atoms with Gasteiger partial charge in [-0.1, -0.05) is 41.4 Å². The van der Waals surface area contributed by atoms with Crippen molar-refractivity contribution in [2.75, 3.05) is 23.7 Å². The smallest absolute Gasteiger partial charge is 0.355 e. The maximum absolute atomic E-state index is 13.1. The highest BCUT2D eigenvalue weighted by molar-refractivity contribution is 7.92. The summed E-state index contributed by atoms with van der Waals surface area (Å²) in [6, 6.07) is 10.6. The first-order valence-electron chi connectivity index (χ1n) is 9.04. The van der Waals surface area contributed by atoms with E-state index < -0.39 is 39.2 Å². The van der Waals surface area contributed by atoms with Gasteiger partial charge in [0, 0.05) is 6.54 Å². The largest absolute Gasteiger partial charge is 0.417 e. The van der Waals surface area contributed by atoms with E-state index in [0.29, 0.717) is 23.3 Å². The fraction of sp³-hybridized carbons (Fsp3) is 0.350. The van der Waals surface area contributed by atoms with Crippen molar-refractivity contribution >= 4 is 33.2 Å². The minimum Gasteiger partial charge on any atom is -0.355 e. The normalized spacial score (nSPS) is 11.9. The molecule has 0 bridgehead atoms. The van der Waals surface area contributed by atoms with E-state index >= 15 is 0 Å². The molecule has 0 heterocycles. The molecular weight excluding hydrogens is 441 g/mol. The number of nitrogens with one attached hydrogen (secondary N) is 1. The van der Waals surface area contributed by atoms with Crippen molar-refractivity contribution in [1.82, 2.24) is 5.32 Å². The van der Waals surface area contributed by atoms with E-state index in [1.54, 1.807) is 0 Å². The lowest BCUT2D eigenvalue weighted by atomic mass is 10.1. The third kappa shape index (κ3) is 6.91. The molecule has 0 saturated heterocycles. The fourth-order valence-electron chi connectivity index (χ4n) is 2.75. The Labute approximate surface area is 178 Å². The molecule has 0 saturated carbocycles. The van der Waals surface area contributed by atoms with Crippen LogP contribution in [0.3, 0.4) is 0 Å². The highest BCUT2D eigenvalue weighted by Crippen LogP contribution is 2.37. The molecule has 0 fully saturated rings. The number of halogens is 4. The van der Waals surface area contributed by atoms with Gasteiger partial charge in [-0.3, -0.25) is 9.10 Å². The number of rotatable bonds is 8. The van der Waals surface area contributed by atoms with E-state index in [1.807, 2.05) is 31.2 Å². The van der Waals surface area contributed by atoms with Crippen LogP contribution < -0.4 is 9.62 Å². The van der Waals surface area contributed by atoms with Crippen molar-refractivity contribution < 1.29 is 26.4 Å². The molecule has 2 aromatic carbocycles. The molecule has 0 aliphatic carbocycles. The Morgan fingerprint density at radius 2 is 1.77 bits per heavy atom. The van der Waals surface area contributed by atoms with Crippen molar-refractivity contribution in [2.45, 2.75) is 25.9 Å². The summed E-state index contributed by atoms with van der Waals surface area (Å²) in [5.41, 5.74) is 0.787. The number of hydrogen-bond acceptors (Lipinski definition) is 3. The molecule has 164 valence electrons. The van der Waals surface area contributed by atoms with Crippen LogP contribution >= 0.6 is 11.6 Å². The first kappa shape index (κ1) is 24.0. The molecule has 1 amide bonds.